The minimum atomic E-state index is -4.44. The zero-order chi connectivity index (χ0) is 31.1. The second kappa shape index (κ2) is 13.6. The first-order valence-corrected chi connectivity index (χ1v) is 14.1. The van der Waals surface area contributed by atoms with Crippen LogP contribution < -0.4 is 10.4 Å². The molecule has 4 rings (SSSR count). The quantitative estimate of drug-likeness (QED) is 0.345. The van der Waals surface area contributed by atoms with Crippen LogP contribution in [0.5, 0.6) is 0 Å². The van der Waals surface area contributed by atoms with Gasteiger partial charge in [-0.25, -0.2) is 0 Å². The van der Waals surface area contributed by atoms with Gasteiger partial charge in [-0.2, -0.15) is 8.78 Å². The number of amides is 3. The molecule has 0 aliphatic carbocycles. The molecule has 43 heavy (non-hydrogen) atoms. The van der Waals surface area contributed by atoms with Crippen molar-refractivity contribution in [2.45, 2.75) is 57.8 Å². The summed E-state index contributed by atoms with van der Waals surface area (Å²) in [5.41, 5.74) is 2.73. The van der Waals surface area contributed by atoms with Gasteiger partial charge in [0, 0.05) is 26.1 Å². The van der Waals surface area contributed by atoms with Crippen LogP contribution in [0.3, 0.4) is 0 Å². The van der Waals surface area contributed by atoms with E-state index in [1.807, 2.05) is 12.1 Å². The Bertz CT molecular complexity index is 1450. The van der Waals surface area contributed by atoms with Crippen molar-refractivity contribution in [3.05, 3.63) is 107 Å². The lowest BCUT2D eigenvalue weighted by Gasteiger charge is -2.36. The lowest BCUT2D eigenvalue weighted by atomic mass is 9.94. The largest absolute Gasteiger partial charge is 0.530 e. The molecule has 3 aromatic rings. The minimum absolute atomic E-state index is 0.0178. The topological polar surface area (TPSA) is 110 Å². The molecule has 0 bridgehead atoms. The average molecular weight is 591 g/mol. The van der Waals surface area contributed by atoms with Crippen LogP contribution in [0.4, 0.5) is 13.6 Å². The number of hydrogen-bond acceptors (Lipinski definition) is 5. The van der Waals surface area contributed by atoms with Crippen LogP contribution in [0.15, 0.2) is 84.9 Å². The molecule has 1 heterocycles. The Hall–Kier alpha value is -4.60. The fourth-order valence-corrected chi connectivity index (χ4v) is 5.37. The smallest absolute Gasteiger partial charge is 0.383 e. The van der Waals surface area contributed by atoms with Gasteiger partial charge in [0.25, 0.3) is 0 Å². The van der Waals surface area contributed by atoms with Crippen LogP contribution in [-0.4, -0.2) is 58.0 Å². The van der Waals surface area contributed by atoms with Gasteiger partial charge < -0.3 is 25.0 Å². The van der Waals surface area contributed by atoms with Crippen molar-refractivity contribution >= 4 is 23.7 Å². The maximum Gasteiger partial charge on any atom is 0.383 e. The molecule has 1 N–H and O–H groups in total. The highest BCUT2D eigenvalue weighted by atomic mass is 19.3. The molecule has 0 aromatic heterocycles. The Morgan fingerprint density at radius 3 is 2.02 bits per heavy atom. The molecule has 0 unspecified atom stereocenters. The Kier molecular flexibility index (Phi) is 9.90. The molecule has 0 saturated carbocycles. The Labute approximate surface area is 249 Å². The third-order valence-electron chi connectivity index (χ3n) is 7.58. The molecule has 3 aromatic carbocycles. The van der Waals surface area contributed by atoms with E-state index in [2.05, 4.69) is 5.32 Å². The molecule has 1 aliphatic heterocycles. The summed E-state index contributed by atoms with van der Waals surface area (Å²) in [6.45, 7) is 2.96. The van der Waals surface area contributed by atoms with Gasteiger partial charge >= 0.3 is 11.8 Å². The number of fused-ring (bicyclic) bond motifs is 1. The number of nitrogens with zero attached hydrogens (tertiary/aromatic N) is 2. The number of nitrogens with one attached hydrogen (secondary N) is 1. The summed E-state index contributed by atoms with van der Waals surface area (Å²) in [6, 6.07) is 20.8. The Balaban J connectivity index is 1.60. The Morgan fingerprint density at radius 1 is 0.884 bits per heavy atom. The normalized spacial score (nSPS) is 14.4. The van der Waals surface area contributed by atoms with Gasteiger partial charge in [0.2, 0.25) is 11.7 Å². The van der Waals surface area contributed by atoms with E-state index >= 15 is 8.78 Å². The van der Waals surface area contributed by atoms with Gasteiger partial charge in [-0.1, -0.05) is 98.8 Å². The zero-order valence-electron chi connectivity index (χ0n) is 24.0. The SMILES string of the molecule is CC(C)[C@@H](C(=O)N[C@@H](Cc1ccccc1)C(=O)C(F)(F)C(=O)N1CCc2ccccc2C1)N(Cc1ccccc1)C(=O)[O-]. The first-order chi connectivity index (χ1) is 20.5. The van der Waals surface area contributed by atoms with Crippen molar-refractivity contribution in [2.75, 3.05) is 6.54 Å². The van der Waals surface area contributed by atoms with Crippen molar-refractivity contribution in [1.29, 1.82) is 0 Å². The second-order valence-electron chi connectivity index (χ2n) is 11.0. The van der Waals surface area contributed by atoms with E-state index in [1.54, 1.807) is 86.6 Å². The highest BCUT2D eigenvalue weighted by Gasteiger charge is 2.53. The fourth-order valence-electron chi connectivity index (χ4n) is 5.37. The molecule has 3 amide bonds. The lowest BCUT2D eigenvalue weighted by molar-refractivity contribution is -0.269. The Morgan fingerprint density at radius 2 is 1.44 bits per heavy atom. The third kappa shape index (κ3) is 7.43. The zero-order valence-corrected chi connectivity index (χ0v) is 24.0. The molecule has 1 aliphatic rings. The second-order valence-corrected chi connectivity index (χ2v) is 11.0. The summed E-state index contributed by atoms with van der Waals surface area (Å²) in [4.78, 5) is 54.1. The molecular weight excluding hydrogens is 556 g/mol. The molecule has 2 atom stereocenters. The fraction of sp³-hybridized carbons (Fsp3) is 0.333. The summed E-state index contributed by atoms with van der Waals surface area (Å²) < 4.78 is 31.4. The number of carbonyl (C=O) groups excluding carboxylic acids is 4. The van der Waals surface area contributed by atoms with Crippen LogP contribution in [0.1, 0.15) is 36.1 Å². The van der Waals surface area contributed by atoms with Crippen molar-refractivity contribution < 1.29 is 33.1 Å². The number of halogens is 2. The summed E-state index contributed by atoms with van der Waals surface area (Å²) >= 11 is 0. The highest BCUT2D eigenvalue weighted by molar-refractivity contribution is 6.10. The third-order valence-corrected chi connectivity index (χ3v) is 7.58. The number of alkyl halides is 2. The van der Waals surface area contributed by atoms with E-state index in [0.717, 1.165) is 20.9 Å². The standard InChI is InChI=1S/C33H35F2N3O5/c1-22(2)28(38(32(42)43)20-24-13-7-4-8-14-24)30(40)36-27(19-23-11-5-3-6-12-23)29(39)33(34,35)31(41)37-18-17-25-15-9-10-16-26(25)21-37/h3-16,22,27-28H,17-21H2,1-2H3,(H,36,40)(H,42,43)/p-1/t27-,28-/m0/s1. The van der Waals surface area contributed by atoms with Gasteiger partial charge in [0.1, 0.15) is 12.1 Å². The summed E-state index contributed by atoms with van der Waals surface area (Å²) in [5.74, 6) is -9.40. The molecule has 0 radical (unpaired) electrons. The number of benzene rings is 3. The van der Waals surface area contributed by atoms with Gasteiger partial charge in [-0.15, -0.1) is 0 Å². The number of carboxylic acid groups (broad SMARTS) is 1. The van der Waals surface area contributed by atoms with Gasteiger partial charge in [0.15, 0.2) is 0 Å². The minimum Gasteiger partial charge on any atom is -0.530 e. The van der Waals surface area contributed by atoms with Crippen molar-refractivity contribution in [3.8, 4) is 0 Å². The van der Waals surface area contributed by atoms with E-state index in [4.69, 9.17) is 0 Å². The predicted octanol–water partition coefficient (Wildman–Crippen LogP) is 3.37. The van der Waals surface area contributed by atoms with Gasteiger partial charge in [-0.3, -0.25) is 14.4 Å². The summed E-state index contributed by atoms with van der Waals surface area (Å²) in [7, 11) is 0. The van der Waals surface area contributed by atoms with E-state index in [-0.39, 0.29) is 26.1 Å². The first kappa shape index (κ1) is 31.3. The number of carbonyl (C=O) groups is 4. The van der Waals surface area contributed by atoms with Crippen molar-refractivity contribution in [1.82, 2.24) is 15.1 Å². The van der Waals surface area contributed by atoms with Crippen molar-refractivity contribution in [3.63, 3.8) is 0 Å². The summed E-state index contributed by atoms with van der Waals surface area (Å²) in [5, 5.41) is 14.5. The van der Waals surface area contributed by atoms with Crippen molar-refractivity contribution in [2.24, 2.45) is 5.92 Å². The molecule has 0 spiro atoms. The van der Waals surface area contributed by atoms with Crippen LogP contribution in [0.2, 0.25) is 0 Å². The molecular formula is C33H34F2N3O5-. The van der Waals surface area contributed by atoms with Gasteiger partial charge in [-0.05, 0) is 34.6 Å². The maximum absolute atomic E-state index is 15.7. The number of ketones is 1. The van der Waals surface area contributed by atoms with E-state index in [0.29, 0.717) is 17.5 Å². The monoisotopic (exact) mass is 590 g/mol. The highest BCUT2D eigenvalue weighted by Crippen LogP contribution is 2.27. The molecule has 0 saturated heterocycles. The first-order valence-electron chi connectivity index (χ1n) is 14.1. The van der Waals surface area contributed by atoms with E-state index < -0.39 is 47.6 Å². The number of rotatable bonds is 11. The van der Waals surface area contributed by atoms with Crippen LogP contribution in [0.25, 0.3) is 0 Å². The number of Topliss-reactive ketones (excluding diaryl/α,β-unsaturated/α-hetero) is 1. The van der Waals surface area contributed by atoms with Crippen LogP contribution in [0, 0.1) is 5.92 Å². The maximum atomic E-state index is 15.7. The molecule has 226 valence electrons. The van der Waals surface area contributed by atoms with E-state index in [1.165, 1.54) is 0 Å². The van der Waals surface area contributed by atoms with Gasteiger partial charge in [0.05, 0.1) is 6.04 Å². The summed E-state index contributed by atoms with van der Waals surface area (Å²) in [6.07, 6.45) is -1.59. The average Bonchev–Trinajstić information content (AvgIpc) is 3.00. The molecule has 8 nitrogen and oxygen atoms in total. The van der Waals surface area contributed by atoms with Crippen LogP contribution in [-0.2, 0) is 40.3 Å². The van der Waals surface area contributed by atoms with Crippen LogP contribution >= 0.6 is 0 Å². The lowest BCUT2D eigenvalue weighted by Crippen LogP contribution is -2.61. The predicted molar refractivity (Wildman–Crippen MR) is 154 cm³/mol. The van der Waals surface area contributed by atoms with E-state index in [9.17, 15) is 24.3 Å². The molecule has 10 heteroatoms. The molecule has 0 fully saturated rings. The number of hydrogen-bond donors (Lipinski definition) is 1.